The van der Waals surface area contributed by atoms with Crippen LogP contribution in [-0.2, 0) is 0 Å². The molecule has 0 aromatic rings. The highest BCUT2D eigenvalue weighted by Crippen LogP contribution is 1.83. The average molecular weight is 124 g/mol. The predicted octanol–water partition coefficient (Wildman–Crippen LogP) is 1.76. The fourth-order valence-electron chi connectivity index (χ4n) is 0.291. The van der Waals surface area contributed by atoms with Crippen LogP contribution in [0.5, 0.6) is 0 Å². The van der Waals surface area contributed by atoms with Gasteiger partial charge in [-0.15, -0.1) is 0 Å². The maximum Gasteiger partial charge on any atom is 0.0895 e. The molecule has 0 radical (unpaired) electrons. The van der Waals surface area contributed by atoms with Gasteiger partial charge in [0, 0.05) is 6.54 Å². The zero-order valence-electron chi connectivity index (χ0n) is 6.02. The van der Waals surface area contributed by atoms with Crippen LogP contribution in [0.4, 0.5) is 0 Å². The fraction of sp³-hybridized carbons (Fsp3) is 0.571. The Bertz CT molecular complexity index is 141. The summed E-state index contributed by atoms with van der Waals surface area (Å²) < 4.78 is 0. The minimum absolute atomic E-state index is 0.642. The Labute approximate surface area is 56.0 Å². The Morgan fingerprint density at radius 2 is 2.22 bits per heavy atom. The van der Waals surface area contributed by atoms with Crippen molar-refractivity contribution in [3.8, 4) is 0 Å². The number of hydrogen-bond acceptors (Lipinski definition) is 2. The van der Waals surface area contributed by atoms with E-state index in [-0.39, 0.29) is 0 Å². The van der Waals surface area contributed by atoms with Crippen molar-refractivity contribution in [2.75, 3.05) is 13.1 Å². The van der Waals surface area contributed by atoms with Gasteiger partial charge in [0.05, 0.1) is 12.6 Å². The van der Waals surface area contributed by atoms with Crippen LogP contribution in [0.1, 0.15) is 13.8 Å². The van der Waals surface area contributed by atoms with Crippen LogP contribution >= 0.6 is 0 Å². The van der Waals surface area contributed by atoms with E-state index in [9.17, 15) is 0 Å². The zero-order chi connectivity index (χ0) is 7.11. The molecule has 0 aromatic carbocycles. The molecule has 0 N–H and O–H groups in total. The Hall–Kier alpha value is -0.880. The van der Waals surface area contributed by atoms with E-state index in [0.29, 0.717) is 6.54 Å². The van der Waals surface area contributed by atoms with Gasteiger partial charge in [-0.1, -0.05) is 12.2 Å². The molecular weight excluding hydrogens is 112 g/mol. The molecule has 0 bridgehead atoms. The number of rotatable bonds is 3. The van der Waals surface area contributed by atoms with Crippen LogP contribution in [-0.4, -0.2) is 19.1 Å². The molecular formula is C7H12N2. The van der Waals surface area contributed by atoms with Crippen molar-refractivity contribution in [1.82, 2.24) is 0 Å². The minimum atomic E-state index is 0.642. The largest absolute Gasteiger partial charge is 0.226 e. The molecule has 0 amide bonds. The number of aliphatic imine (C=N–C) groups is 2. The molecule has 0 heterocycles. The summed E-state index contributed by atoms with van der Waals surface area (Å²) in [6.45, 7) is 8.94. The Morgan fingerprint density at radius 3 is 2.67 bits per heavy atom. The van der Waals surface area contributed by atoms with Gasteiger partial charge in [0.1, 0.15) is 0 Å². The number of hydrogen-bond donors (Lipinski definition) is 0. The highest BCUT2D eigenvalue weighted by Gasteiger charge is 1.75. The lowest BCUT2D eigenvalue weighted by molar-refractivity contribution is 1.11. The maximum atomic E-state index is 3.84. The Morgan fingerprint density at radius 1 is 1.56 bits per heavy atom. The van der Waals surface area contributed by atoms with E-state index in [4.69, 9.17) is 0 Å². The molecule has 0 aliphatic heterocycles. The van der Waals surface area contributed by atoms with Crippen LogP contribution < -0.4 is 0 Å². The van der Waals surface area contributed by atoms with Gasteiger partial charge >= 0.3 is 0 Å². The molecule has 0 aliphatic carbocycles. The summed E-state index contributed by atoms with van der Waals surface area (Å²) >= 11 is 0. The summed E-state index contributed by atoms with van der Waals surface area (Å²) in [6, 6.07) is 2.56. The van der Waals surface area contributed by atoms with Crippen LogP contribution in [0, 0.1) is 0 Å². The Balaban J connectivity index is 3.47. The molecule has 0 unspecified atom stereocenters. The first-order chi connectivity index (χ1) is 4.27. The van der Waals surface area contributed by atoms with Gasteiger partial charge in [-0.3, -0.25) is 0 Å². The second kappa shape index (κ2) is 5.26. The van der Waals surface area contributed by atoms with Crippen molar-refractivity contribution in [1.29, 1.82) is 0 Å². The summed E-state index contributed by atoms with van der Waals surface area (Å²) in [5, 5.41) is 0. The fourth-order valence-corrected chi connectivity index (χ4v) is 0.291. The van der Waals surface area contributed by atoms with Gasteiger partial charge < -0.3 is 0 Å². The van der Waals surface area contributed by atoms with Gasteiger partial charge in [-0.05, 0) is 13.8 Å². The van der Waals surface area contributed by atoms with E-state index >= 15 is 0 Å². The van der Waals surface area contributed by atoms with Crippen LogP contribution in [0.15, 0.2) is 22.1 Å². The first kappa shape index (κ1) is 8.12. The monoisotopic (exact) mass is 124 g/mol. The van der Waals surface area contributed by atoms with E-state index in [1.54, 1.807) is 0 Å². The molecule has 0 rings (SSSR count). The third-order valence-corrected chi connectivity index (χ3v) is 0.649. The van der Waals surface area contributed by atoms with Gasteiger partial charge in [0.2, 0.25) is 0 Å². The normalized spacial score (nSPS) is 7.78. The van der Waals surface area contributed by atoms with Gasteiger partial charge in [-0.2, -0.15) is 0 Å². The summed E-state index contributed by atoms with van der Waals surface area (Å²) in [5.41, 5.74) is 1.04. The van der Waals surface area contributed by atoms with Crippen molar-refractivity contribution in [2.45, 2.75) is 13.8 Å². The summed E-state index contributed by atoms with van der Waals surface area (Å²) in [7, 11) is 0. The average Bonchev–Trinajstić information content (AvgIpc) is 1.80. The van der Waals surface area contributed by atoms with Crippen molar-refractivity contribution >= 4 is 6.01 Å². The predicted molar refractivity (Wildman–Crippen MR) is 40.1 cm³/mol. The van der Waals surface area contributed by atoms with Gasteiger partial charge in [0.25, 0.3) is 0 Å². The van der Waals surface area contributed by atoms with E-state index in [2.05, 4.69) is 22.6 Å². The molecule has 0 spiro atoms. The Kier molecular flexibility index (Phi) is 4.75. The summed E-state index contributed by atoms with van der Waals surface area (Å²) in [5.74, 6) is 0. The highest BCUT2D eigenvalue weighted by molar-refractivity contribution is 5.41. The third kappa shape index (κ3) is 7.12. The van der Waals surface area contributed by atoms with E-state index in [1.165, 1.54) is 0 Å². The second-order valence-corrected chi connectivity index (χ2v) is 1.85. The molecule has 0 saturated carbocycles. The summed E-state index contributed by atoms with van der Waals surface area (Å²) in [4.78, 5) is 7.63. The number of nitrogens with zero attached hydrogens (tertiary/aromatic N) is 2. The van der Waals surface area contributed by atoms with Crippen LogP contribution in [0.2, 0.25) is 0 Å². The van der Waals surface area contributed by atoms with Crippen molar-refractivity contribution in [2.24, 2.45) is 9.98 Å². The lowest BCUT2D eigenvalue weighted by Crippen LogP contribution is -1.77. The van der Waals surface area contributed by atoms with Crippen molar-refractivity contribution in [3.05, 3.63) is 12.2 Å². The molecule has 9 heavy (non-hydrogen) atoms. The van der Waals surface area contributed by atoms with Crippen LogP contribution in [0.3, 0.4) is 0 Å². The molecule has 50 valence electrons. The van der Waals surface area contributed by atoms with E-state index in [0.717, 1.165) is 12.1 Å². The quantitative estimate of drug-likeness (QED) is 0.404. The molecule has 0 saturated heterocycles. The maximum absolute atomic E-state index is 3.84. The lowest BCUT2D eigenvalue weighted by atomic mass is 10.4. The smallest absolute Gasteiger partial charge is 0.0895 e. The van der Waals surface area contributed by atoms with E-state index in [1.807, 2.05) is 13.8 Å². The molecule has 0 aliphatic rings. The zero-order valence-corrected chi connectivity index (χ0v) is 6.02. The third-order valence-electron chi connectivity index (χ3n) is 0.649. The van der Waals surface area contributed by atoms with Crippen molar-refractivity contribution < 1.29 is 0 Å². The highest BCUT2D eigenvalue weighted by atomic mass is 14.8. The lowest BCUT2D eigenvalue weighted by Gasteiger charge is -1.83. The SMILES string of the molecule is C=C(C)CN=C=NCC. The first-order valence-corrected chi connectivity index (χ1v) is 2.99. The van der Waals surface area contributed by atoms with Crippen molar-refractivity contribution in [3.63, 3.8) is 0 Å². The topological polar surface area (TPSA) is 24.7 Å². The first-order valence-electron chi connectivity index (χ1n) is 2.99. The second-order valence-electron chi connectivity index (χ2n) is 1.85. The summed E-state index contributed by atoms with van der Waals surface area (Å²) in [6.07, 6.45) is 0. The van der Waals surface area contributed by atoms with Crippen LogP contribution in [0.25, 0.3) is 0 Å². The molecule has 0 aromatic heterocycles. The van der Waals surface area contributed by atoms with Gasteiger partial charge in [-0.25, -0.2) is 9.98 Å². The molecule has 0 atom stereocenters. The van der Waals surface area contributed by atoms with E-state index < -0.39 is 0 Å². The minimum Gasteiger partial charge on any atom is -0.226 e. The standard InChI is InChI=1S/C7H12N2/c1-4-8-6-9-5-7(2)3/h2,4-5H2,1,3H3. The molecule has 2 heteroatoms. The molecule has 2 nitrogen and oxygen atoms in total. The van der Waals surface area contributed by atoms with Gasteiger partial charge in [0.15, 0.2) is 0 Å². The molecule has 0 fully saturated rings.